The van der Waals surface area contributed by atoms with Crippen LogP contribution in [0.1, 0.15) is 0 Å². The fraction of sp³-hybridized carbons (Fsp3) is 0. The van der Waals surface area contributed by atoms with Crippen LogP contribution in [0.3, 0.4) is 0 Å². The molecule has 22 heavy (non-hydrogen) atoms. The second kappa shape index (κ2) is 5.50. The lowest BCUT2D eigenvalue weighted by molar-refractivity contribution is -0.128. The third-order valence-corrected chi connectivity index (χ3v) is 3.12. The van der Waals surface area contributed by atoms with E-state index in [1.807, 2.05) is 0 Å². The minimum atomic E-state index is -0.607. The molecule has 0 aliphatic rings. The molecule has 0 amide bonds. The maximum absolute atomic E-state index is 11.1. The summed E-state index contributed by atoms with van der Waals surface area (Å²) >= 11 is 5.91. The summed E-state index contributed by atoms with van der Waals surface area (Å²) in [5, 5.41) is 19.1. The molecule has 0 aliphatic carbocycles. The Hall–Kier alpha value is -2.86. The summed E-state index contributed by atoms with van der Waals surface area (Å²) in [6.45, 7) is 3.30. The first-order valence-corrected chi connectivity index (χ1v) is 6.65. The smallest absolute Gasteiger partial charge is 0.335 e. The Balaban J connectivity index is 1.99. The Morgan fingerprint density at radius 2 is 2.00 bits per heavy atom. The van der Waals surface area contributed by atoms with Crippen molar-refractivity contribution in [3.05, 3.63) is 54.1 Å². The second-order valence-corrected chi connectivity index (χ2v) is 4.83. The molecule has 0 radical (unpaired) electrons. The molecule has 6 nitrogen and oxygen atoms in total. The number of rotatable bonds is 3. The fourth-order valence-electron chi connectivity index (χ4n) is 1.89. The van der Waals surface area contributed by atoms with E-state index in [0.29, 0.717) is 21.7 Å². The van der Waals surface area contributed by atoms with Gasteiger partial charge < -0.3 is 9.84 Å². The van der Waals surface area contributed by atoms with E-state index in [1.165, 1.54) is 16.9 Å². The SMILES string of the molecule is C=CC(=O)Oc1ccc(-n2nc3ccc(Cl)cc3n2)c(O)c1. The van der Waals surface area contributed by atoms with Gasteiger partial charge in [-0.1, -0.05) is 18.2 Å². The van der Waals surface area contributed by atoms with E-state index in [2.05, 4.69) is 16.8 Å². The Bertz CT molecular complexity index is 889. The molecule has 7 heteroatoms. The lowest BCUT2D eigenvalue weighted by Crippen LogP contribution is -2.04. The predicted octanol–water partition coefficient (Wildman–Crippen LogP) is 2.87. The molecule has 0 aliphatic heterocycles. The van der Waals surface area contributed by atoms with Gasteiger partial charge in [0.05, 0.1) is 0 Å². The highest BCUT2D eigenvalue weighted by atomic mass is 35.5. The van der Waals surface area contributed by atoms with Crippen molar-refractivity contribution >= 4 is 28.6 Å². The number of halogens is 1. The van der Waals surface area contributed by atoms with Crippen molar-refractivity contribution in [3.8, 4) is 17.2 Å². The van der Waals surface area contributed by atoms with Crippen molar-refractivity contribution in [2.24, 2.45) is 0 Å². The fourth-order valence-corrected chi connectivity index (χ4v) is 2.06. The van der Waals surface area contributed by atoms with Crippen molar-refractivity contribution in [1.82, 2.24) is 15.0 Å². The summed E-state index contributed by atoms with van der Waals surface area (Å²) in [5.74, 6) is -0.531. The number of phenols is 1. The predicted molar refractivity (Wildman–Crippen MR) is 81.4 cm³/mol. The molecule has 0 saturated carbocycles. The highest BCUT2D eigenvalue weighted by Gasteiger charge is 2.11. The normalized spacial score (nSPS) is 10.6. The van der Waals surface area contributed by atoms with Crippen molar-refractivity contribution in [3.63, 3.8) is 0 Å². The third-order valence-electron chi connectivity index (χ3n) is 2.89. The Morgan fingerprint density at radius 1 is 1.23 bits per heavy atom. The van der Waals surface area contributed by atoms with Gasteiger partial charge in [0, 0.05) is 17.2 Å². The number of aromatic nitrogens is 3. The molecule has 1 aromatic heterocycles. The summed E-state index contributed by atoms with van der Waals surface area (Å²) in [6.07, 6.45) is 1.04. The van der Waals surface area contributed by atoms with Crippen LogP contribution >= 0.6 is 11.6 Å². The van der Waals surface area contributed by atoms with E-state index >= 15 is 0 Å². The molecule has 0 bridgehead atoms. The summed E-state index contributed by atoms with van der Waals surface area (Å²) in [7, 11) is 0. The molecule has 2 aromatic carbocycles. The average molecular weight is 316 g/mol. The number of phenolic OH excluding ortho intramolecular Hbond substituents is 1. The van der Waals surface area contributed by atoms with Crippen molar-refractivity contribution in [1.29, 1.82) is 0 Å². The summed E-state index contributed by atoms with van der Waals surface area (Å²) < 4.78 is 4.93. The van der Waals surface area contributed by atoms with Crippen molar-refractivity contribution in [2.75, 3.05) is 0 Å². The molecule has 110 valence electrons. The zero-order valence-electron chi connectivity index (χ0n) is 11.2. The number of hydrogen-bond acceptors (Lipinski definition) is 5. The van der Waals surface area contributed by atoms with Gasteiger partial charge in [0.15, 0.2) is 0 Å². The number of fused-ring (bicyclic) bond motifs is 1. The van der Waals surface area contributed by atoms with E-state index in [1.54, 1.807) is 24.3 Å². The van der Waals surface area contributed by atoms with Gasteiger partial charge in [0.2, 0.25) is 0 Å². The molecule has 0 fully saturated rings. The van der Waals surface area contributed by atoms with Crippen LogP contribution in [0.5, 0.6) is 11.5 Å². The molecule has 0 unspecified atom stereocenters. The highest BCUT2D eigenvalue weighted by Crippen LogP contribution is 2.27. The number of benzene rings is 2. The number of carbonyl (C=O) groups is 1. The highest BCUT2D eigenvalue weighted by molar-refractivity contribution is 6.31. The first-order valence-electron chi connectivity index (χ1n) is 6.27. The van der Waals surface area contributed by atoms with Gasteiger partial charge in [0.1, 0.15) is 28.2 Å². The first-order chi connectivity index (χ1) is 10.6. The maximum atomic E-state index is 11.1. The molecule has 3 aromatic rings. The molecule has 1 N–H and O–H groups in total. The molecule has 0 spiro atoms. The number of ether oxygens (including phenoxy) is 1. The zero-order chi connectivity index (χ0) is 15.7. The first kappa shape index (κ1) is 14.1. The molecular weight excluding hydrogens is 306 g/mol. The van der Waals surface area contributed by atoms with Crippen LogP contribution in [-0.4, -0.2) is 26.1 Å². The van der Waals surface area contributed by atoms with Crippen LogP contribution in [0.25, 0.3) is 16.7 Å². The van der Waals surface area contributed by atoms with Crippen LogP contribution in [0, 0.1) is 0 Å². The third kappa shape index (κ3) is 2.64. The van der Waals surface area contributed by atoms with Crippen LogP contribution in [-0.2, 0) is 4.79 Å². The largest absolute Gasteiger partial charge is 0.505 e. The number of esters is 1. The minimum absolute atomic E-state index is 0.124. The van der Waals surface area contributed by atoms with Gasteiger partial charge in [-0.25, -0.2) is 4.79 Å². The maximum Gasteiger partial charge on any atom is 0.335 e. The quantitative estimate of drug-likeness (QED) is 0.457. The van der Waals surface area contributed by atoms with Crippen LogP contribution in [0.15, 0.2) is 49.1 Å². The van der Waals surface area contributed by atoms with E-state index in [4.69, 9.17) is 16.3 Å². The molecule has 3 rings (SSSR count). The lowest BCUT2D eigenvalue weighted by Gasteiger charge is -2.05. The monoisotopic (exact) mass is 315 g/mol. The topological polar surface area (TPSA) is 77.2 Å². The summed E-state index contributed by atoms with van der Waals surface area (Å²) in [5.41, 5.74) is 1.60. The number of nitrogens with zero attached hydrogens (tertiary/aromatic N) is 3. The second-order valence-electron chi connectivity index (χ2n) is 4.40. The van der Waals surface area contributed by atoms with Crippen molar-refractivity contribution < 1.29 is 14.6 Å². The average Bonchev–Trinajstić information content (AvgIpc) is 2.89. The van der Waals surface area contributed by atoms with E-state index in [9.17, 15) is 9.90 Å². The van der Waals surface area contributed by atoms with E-state index < -0.39 is 5.97 Å². The number of carbonyl (C=O) groups excluding carboxylic acids is 1. The van der Waals surface area contributed by atoms with Gasteiger partial charge in [-0.3, -0.25) is 0 Å². The Labute approximate surface area is 130 Å². The van der Waals surface area contributed by atoms with Crippen LogP contribution in [0.4, 0.5) is 0 Å². The van der Waals surface area contributed by atoms with Gasteiger partial charge >= 0.3 is 5.97 Å². The van der Waals surface area contributed by atoms with Gasteiger partial charge in [-0.05, 0) is 30.3 Å². The van der Waals surface area contributed by atoms with Crippen LogP contribution in [0.2, 0.25) is 5.02 Å². The van der Waals surface area contributed by atoms with E-state index in [0.717, 1.165) is 6.08 Å². The van der Waals surface area contributed by atoms with Gasteiger partial charge in [0.25, 0.3) is 0 Å². The number of aromatic hydroxyl groups is 1. The summed E-state index contributed by atoms with van der Waals surface area (Å²) in [4.78, 5) is 12.4. The molecular formula is C15H10ClN3O3. The minimum Gasteiger partial charge on any atom is -0.505 e. The zero-order valence-corrected chi connectivity index (χ0v) is 12.0. The molecule has 0 atom stereocenters. The number of hydrogen-bond donors (Lipinski definition) is 1. The van der Waals surface area contributed by atoms with Gasteiger partial charge in [-0.15, -0.1) is 15.0 Å². The Kier molecular flexibility index (Phi) is 3.52. The summed E-state index contributed by atoms with van der Waals surface area (Å²) in [6, 6.07) is 9.49. The van der Waals surface area contributed by atoms with E-state index in [-0.39, 0.29) is 11.5 Å². The lowest BCUT2D eigenvalue weighted by atomic mass is 10.3. The van der Waals surface area contributed by atoms with Crippen molar-refractivity contribution in [2.45, 2.75) is 0 Å². The molecule has 0 saturated heterocycles. The van der Waals surface area contributed by atoms with Gasteiger partial charge in [-0.2, -0.15) is 0 Å². The molecule has 1 heterocycles. The van der Waals surface area contributed by atoms with Crippen LogP contribution < -0.4 is 4.74 Å². The standard InChI is InChI=1S/C15H10ClN3O3/c1-2-15(21)22-10-4-6-13(14(20)8-10)19-17-11-5-3-9(16)7-12(11)18-19/h2-8,20H,1H2. The Morgan fingerprint density at radius 3 is 2.73 bits per heavy atom.